The summed E-state index contributed by atoms with van der Waals surface area (Å²) < 4.78 is 0. The molecule has 2 aromatic carbocycles. The Morgan fingerprint density at radius 1 is 0.963 bits per heavy atom. The minimum atomic E-state index is -0.992. The van der Waals surface area contributed by atoms with Crippen LogP contribution < -0.4 is 5.32 Å². The van der Waals surface area contributed by atoms with Crippen LogP contribution >= 0.6 is 0 Å². The maximum atomic E-state index is 12.6. The largest absolute Gasteiger partial charge is 0.480 e. The quantitative estimate of drug-likeness (QED) is 0.791. The smallest absolute Gasteiger partial charge is 0.326 e. The van der Waals surface area contributed by atoms with E-state index in [9.17, 15) is 14.7 Å². The van der Waals surface area contributed by atoms with E-state index in [0.717, 1.165) is 38.0 Å². The first-order valence-corrected chi connectivity index (χ1v) is 9.45. The molecule has 27 heavy (non-hydrogen) atoms. The zero-order valence-corrected chi connectivity index (χ0v) is 15.4. The molecule has 1 fully saturated rings. The Labute approximate surface area is 160 Å². The number of hydrogen-bond acceptors (Lipinski definition) is 3. The summed E-state index contributed by atoms with van der Waals surface area (Å²) in [6.07, 6.45) is 1.82. The van der Waals surface area contributed by atoms with Crippen molar-refractivity contribution in [1.29, 1.82) is 0 Å². The average Bonchev–Trinajstić information content (AvgIpc) is 2.69. The van der Waals surface area contributed by atoms with E-state index in [1.807, 2.05) is 48.5 Å². The van der Waals surface area contributed by atoms with Crippen LogP contribution in [-0.2, 0) is 22.6 Å². The van der Waals surface area contributed by atoms with E-state index in [0.29, 0.717) is 6.42 Å². The number of nitrogens with zero attached hydrogens (tertiary/aromatic N) is 1. The highest BCUT2D eigenvalue weighted by Gasteiger charge is 2.28. The molecule has 5 heteroatoms. The van der Waals surface area contributed by atoms with E-state index in [1.165, 1.54) is 5.56 Å². The first-order chi connectivity index (χ1) is 13.1. The van der Waals surface area contributed by atoms with E-state index in [4.69, 9.17) is 0 Å². The number of hydrogen-bond donors (Lipinski definition) is 2. The van der Waals surface area contributed by atoms with Crippen molar-refractivity contribution in [3.63, 3.8) is 0 Å². The molecule has 1 aliphatic heterocycles. The van der Waals surface area contributed by atoms with Gasteiger partial charge < -0.3 is 10.4 Å². The summed E-state index contributed by atoms with van der Waals surface area (Å²) in [6, 6.07) is 18.8. The molecule has 3 rings (SSSR count). The number of aliphatic carboxylic acids is 1. The highest BCUT2D eigenvalue weighted by atomic mass is 16.4. The topological polar surface area (TPSA) is 69.6 Å². The van der Waals surface area contributed by atoms with Crippen molar-refractivity contribution in [2.24, 2.45) is 5.92 Å². The van der Waals surface area contributed by atoms with Crippen LogP contribution in [0.4, 0.5) is 0 Å². The van der Waals surface area contributed by atoms with Crippen LogP contribution in [0.15, 0.2) is 60.7 Å². The maximum Gasteiger partial charge on any atom is 0.326 e. The Morgan fingerprint density at radius 2 is 1.52 bits per heavy atom. The van der Waals surface area contributed by atoms with Gasteiger partial charge in [0.15, 0.2) is 0 Å². The predicted molar refractivity (Wildman–Crippen MR) is 104 cm³/mol. The van der Waals surface area contributed by atoms with Gasteiger partial charge in [-0.15, -0.1) is 0 Å². The van der Waals surface area contributed by atoms with Crippen LogP contribution in [0, 0.1) is 5.92 Å². The van der Waals surface area contributed by atoms with E-state index < -0.39 is 12.0 Å². The minimum absolute atomic E-state index is 0.116. The summed E-state index contributed by atoms with van der Waals surface area (Å²) in [5.41, 5.74) is 2.18. The number of carboxylic acids is 1. The molecule has 0 radical (unpaired) electrons. The third kappa shape index (κ3) is 5.66. The molecule has 0 aliphatic carbocycles. The fourth-order valence-electron chi connectivity index (χ4n) is 3.53. The highest BCUT2D eigenvalue weighted by Crippen LogP contribution is 2.19. The number of benzene rings is 2. The Bertz CT molecular complexity index is 741. The number of nitrogens with one attached hydrogen (secondary N) is 1. The van der Waals surface area contributed by atoms with Gasteiger partial charge in [-0.05, 0) is 37.1 Å². The second-order valence-corrected chi connectivity index (χ2v) is 7.13. The van der Waals surface area contributed by atoms with Crippen LogP contribution in [0.1, 0.15) is 24.0 Å². The lowest BCUT2D eigenvalue weighted by Crippen LogP contribution is -2.47. The third-order valence-electron chi connectivity index (χ3n) is 5.10. The van der Waals surface area contributed by atoms with Gasteiger partial charge in [-0.1, -0.05) is 60.7 Å². The van der Waals surface area contributed by atoms with Gasteiger partial charge in [-0.25, -0.2) is 4.79 Å². The Balaban J connectivity index is 1.49. The van der Waals surface area contributed by atoms with Gasteiger partial charge >= 0.3 is 5.97 Å². The van der Waals surface area contributed by atoms with Crippen LogP contribution in [0.2, 0.25) is 0 Å². The fourth-order valence-corrected chi connectivity index (χ4v) is 3.53. The zero-order valence-electron chi connectivity index (χ0n) is 15.4. The van der Waals surface area contributed by atoms with Gasteiger partial charge in [0, 0.05) is 18.9 Å². The molecule has 0 unspecified atom stereocenters. The van der Waals surface area contributed by atoms with E-state index >= 15 is 0 Å². The molecule has 0 bridgehead atoms. The minimum Gasteiger partial charge on any atom is -0.480 e. The molecule has 0 spiro atoms. The SMILES string of the molecule is O=C(N[C@@H](Cc1ccccc1)C(=O)O)C1CCN(Cc2ccccc2)CC1. The molecule has 0 aromatic heterocycles. The van der Waals surface area contributed by atoms with Crippen molar-refractivity contribution < 1.29 is 14.7 Å². The molecule has 1 heterocycles. The van der Waals surface area contributed by atoms with Gasteiger partial charge in [-0.2, -0.15) is 0 Å². The lowest BCUT2D eigenvalue weighted by Gasteiger charge is -2.31. The number of amides is 1. The Kier molecular flexibility index (Phi) is 6.60. The molecular formula is C22H26N2O3. The van der Waals surface area contributed by atoms with Crippen molar-refractivity contribution in [1.82, 2.24) is 10.2 Å². The monoisotopic (exact) mass is 366 g/mol. The molecule has 0 saturated carbocycles. The molecule has 2 N–H and O–H groups in total. The number of carboxylic acid groups (broad SMARTS) is 1. The second kappa shape index (κ2) is 9.33. The number of piperidine rings is 1. The lowest BCUT2D eigenvalue weighted by atomic mass is 9.94. The van der Waals surface area contributed by atoms with Crippen LogP contribution in [0.3, 0.4) is 0 Å². The molecule has 2 aromatic rings. The lowest BCUT2D eigenvalue weighted by molar-refractivity contribution is -0.142. The van der Waals surface area contributed by atoms with Crippen LogP contribution in [-0.4, -0.2) is 41.0 Å². The van der Waals surface area contributed by atoms with Gasteiger partial charge in [0.2, 0.25) is 5.91 Å². The standard InChI is InChI=1S/C22H26N2O3/c25-21(23-20(22(26)27)15-17-7-3-1-4-8-17)19-11-13-24(14-12-19)16-18-9-5-2-6-10-18/h1-10,19-20H,11-16H2,(H,23,25)(H,26,27)/t20-/m0/s1. The van der Waals surface area contributed by atoms with Crippen LogP contribution in [0.5, 0.6) is 0 Å². The molecule has 1 atom stereocenters. The summed E-state index contributed by atoms with van der Waals surface area (Å²) in [6.45, 7) is 2.59. The summed E-state index contributed by atoms with van der Waals surface area (Å²) in [7, 11) is 0. The van der Waals surface area contributed by atoms with Gasteiger partial charge in [0.25, 0.3) is 0 Å². The fraction of sp³-hybridized carbons (Fsp3) is 0.364. The summed E-state index contributed by atoms with van der Waals surface area (Å²) in [5.74, 6) is -1.25. The van der Waals surface area contributed by atoms with Gasteiger partial charge in [0.05, 0.1) is 0 Å². The van der Waals surface area contributed by atoms with E-state index in [-0.39, 0.29) is 11.8 Å². The molecule has 1 saturated heterocycles. The van der Waals surface area contributed by atoms with Crippen molar-refractivity contribution in [2.45, 2.75) is 31.8 Å². The number of carbonyl (C=O) groups excluding carboxylic acids is 1. The summed E-state index contributed by atoms with van der Waals surface area (Å²) >= 11 is 0. The van der Waals surface area contributed by atoms with Crippen molar-refractivity contribution >= 4 is 11.9 Å². The molecule has 5 nitrogen and oxygen atoms in total. The van der Waals surface area contributed by atoms with Gasteiger partial charge in [-0.3, -0.25) is 9.69 Å². The normalized spacial score (nSPS) is 16.6. The van der Waals surface area contributed by atoms with Crippen molar-refractivity contribution in [2.75, 3.05) is 13.1 Å². The third-order valence-corrected chi connectivity index (χ3v) is 5.10. The first kappa shape index (κ1) is 19.1. The zero-order chi connectivity index (χ0) is 19.1. The van der Waals surface area contributed by atoms with E-state index in [2.05, 4.69) is 22.3 Å². The predicted octanol–water partition coefficient (Wildman–Crippen LogP) is 2.71. The van der Waals surface area contributed by atoms with Crippen LogP contribution in [0.25, 0.3) is 0 Å². The molecular weight excluding hydrogens is 340 g/mol. The van der Waals surface area contributed by atoms with Crippen molar-refractivity contribution in [3.05, 3.63) is 71.8 Å². The maximum absolute atomic E-state index is 12.6. The number of rotatable bonds is 7. The number of carbonyl (C=O) groups is 2. The van der Waals surface area contributed by atoms with Gasteiger partial charge in [0.1, 0.15) is 6.04 Å². The molecule has 1 aliphatic rings. The van der Waals surface area contributed by atoms with Crippen molar-refractivity contribution in [3.8, 4) is 0 Å². The molecule has 142 valence electrons. The highest BCUT2D eigenvalue weighted by molar-refractivity contribution is 5.85. The second-order valence-electron chi connectivity index (χ2n) is 7.13. The number of likely N-dealkylation sites (tertiary alicyclic amines) is 1. The molecule has 1 amide bonds. The Hall–Kier alpha value is -2.66. The first-order valence-electron chi connectivity index (χ1n) is 9.45. The summed E-state index contributed by atoms with van der Waals surface area (Å²) in [5, 5.41) is 12.2. The van der Waals surface area contributed by atoms with E-state index in [1.54, 1.807) is 0 Å². The Morgan fingerprint density at radius 3 is 2.07 bits per heavy atom. The summed E-state index contributed by atoms with van der Waals surface area (Å²) in [4.78, 5) is 26.5. The average molecular weight is 366 g/mol.